The second-order valence-corrected chi connectivity index (χ2v) is 2.74. The van der Waals surface area contributed by atoms with Crippen LogP contribution in [0.4, 0.5) is 0 Å². The highest BCUT2D eigenvalue weighted by atomic mass is 16.5. The summed E-state index contributed by atoms with van der Waals surface area (Å²) >= 11 is 0. The summed E-state index contributed by atoms with van der Waals surface area (Å²) in [6.07, 6.45) is 0.584. The molecule has 1 N–H and O–H groups in total. The van der Waals surface area contributed by atoms with Gasteiger partial charge < -0.3 is 14.5 Å². The first-order chi connectivity index (χ1) is 7.13. The van der Waals surface area contributed by atoms with Gasteiger partial charge in [-0.3, -0.25) is 0 Å². The third-order valence-electron chi connectivity index (χ3n) is 1.86. The number of esters is 2. The molecular weight excluding hydrogens is 200 g/mol. The second kappa shape index (κ2) is 4.59. The van der Waals surface area contributed by atoms with Gasteiger partial charge in [-0.2, -0.15) is 0 Å². The van der Waals surface area contributed by atoms with Crippen LogP contribution >= 0.6 is 0 Å². The van der Waals surface area contributed by atoms with Gasteiger partial charge in [0.25, 0.3) is 0 Å². The summed E-state index contributed by atoms with van der Waals surface area (Å²) in [6.45, 7) is 1.85. The summed E-state index contributed by atoms with van der Waals surface area (Å²) in [7, 11) is 2.46. The summed E-state index contributed by atoms with van der Waals surface area (Å²) in [5, 5.41) is 0. The van der Waals surface area contributed by atoms with Crippen LogP contribution in [-0.2, 0) is 15.9 Å². The van der Waals surface area contributed by atoms with E-state index in [0.29, 0.717) is 12.2 Å². The van der Waals surface area contributed by atoms with E-state index in [1.807, 2.05) is 6.92 Å². The van der Waals surface area contributed by atoms with E-state index in [1.54, 1.807) is 0 Å². The van der Waals surface area contributed by atoms with Crippen LogP contribution in [0.15, 0.2) is 0 Å². The number of nitrogens with zero attached hydrogens (tertiary/aromatic N) is 1. The zero-order chi connectivity index (χ0) is 11.4. The van der Waals surface area contributed by atoms with Crippen molar-refractivity contribution in [3.05, 3.63) is 17.2 Å². The predicted octanol–water partition coefficient (Wildman–Crippen LogP) is 0.545. The smallest absolute Gasteiger partial charge is 0.359 e. The molecule has 6 heteroatoms. The lowest BCUT2D eigenvalue weighted by Gasteiger charge is -1.98. The first-order valence-corrected chi connectivity index (χ1v) is 4.39. The van der Waals surface area contributed by atoms with Gasteiger partial charge in [0.1, 0.15) is 5.82 Å². The Labute approximate surface area is 86.6 Å². The number of nitrogens with one attached hydrogen (secondary N) is 1. The number of aryl methyl sites for hydroxylation is 1. The topological polar surface area (TPSA) is 81.3 Å². The molecule has 0 fully saturated rings. The van der Waals surface area contributed by atoms with Crippen LogP contribution in [0.25, 0.3) is 0 Å². The van der Waals surface area contributed by atoms with Crippen LogP contribution in [-0.4, -0.2) is 36.1 Å². The molecule has 1 heterocycles. The molecule has 1 aromatic rings. The van der Waals surface area contributed by atoms with Gasteiger partial charge in [0, 0.05) is 6.42 Å². The SMILES string of the molecule is CCc1nc(C(=O)OC)c(C(=O)OC)[nH]1. The Morgan fingerprint density at radius 3 is 2.33 bits per heavy atom. The molecule has 0 saturated heterocycles. The molecule has 1 rings (SSSR count). The fraction of sp³-hybridized carbons (Fsp3) is 0.444. The summed E-state index contributed by atoms with van der Waals surface area (Å²) in [5.74, 6) is -0.759. The molecule has 1 aromatic heterocycles. The first-order valence-electron chi connectivity index (χ1n) is 4.39. The van der Waals surface area contributed by atoms with Crippen LogP contribution in [0, 0.1) is 0 Å². The van der Waals surface area contributed by atoms with E-state index >= 15 is 0 Å². The fourth-order valence-electron chi connectivity index (χ4n) is 1.08. The van der Waals surface area contributed by atoms with Crippen molar-refractivity contribution in [3.8, 4) is 0 Å². The third-order valence-corrected chi connectivity index (χ3v) is 1.86. The predicted molar refractivity (Wildman–Crippen MR) is 50.6 cm³/mol. The second-order valence-electron chi connectivity index (χ2n) is 2.74. The Hall–Kier alpha value is -1.85. The molecule has 0 saturated carbocycles. The van der Waals surface area contributed by atoms with Crippen LogP contribution in [0.3, 0.4) is 0 Å². The van der Waals surface area contributed by atoms with Crippen molar-refractivity contribution < 1.29 is 19.1 Å². The molecule has 0 bridgehead atoms. The molecule has 0 spiro atoms. The third kappa shape index (κ3) is 2.15. The average Bonchev–Trinajstić information content (AvgIpc) is 2.70. The van der Waals surface area contributed by atoms with Crippen molar-refractivity contribution in [1.29, 1.82) is 0 Å². The number of imidazole rings is 1. The van der Waals surface area contributed by atoms with Crippen molar-refractivity contribution in [2.24, 2.45) is 0 Å². The molecule has 6 nitrogen and oxygen atoms in total. The molecule has 0 aliphatic rings. The Morgan fingerprint density at radius 2 is 1.87 bits per heavy atom. The number of hydrogen-bond donors (Lipinski definition) is 1. The van der Waals surface area contributed by atoms with Gasteiger partial charge in [0.15, 0.2) is 11.4 Å². The normalized spacial score (nSPS) is 9.80. The number of rotatable bonds is 3. The lowest BCUT2D eigenvalue weighted by molar-refractivity contribution is 0.0548. The standard InChI is InChI=1S/C9H12N2O4/c1-4-5-10-6(8(12)14-2)7(11-5)9(13)15-3/h4H2,1-3H3,(H,10,11). The minimum Gasteiger partial charge on any atom is -0.464 e. The van der Waals surface area contributed by atoms with Crippen LogP contribution < -0.4 is 0 Å². The van der Waals surface area contributed by atoms with Crippen molar-refractivity contribution in [3.63, 3.8) is 0 Å². The number of ether oxygens (including phenoxy) is 2. The minimum absolute atomic E-state index is 0.0289. The van der Waals surface area contributed by atoms with Gasteiger partial charge >= 0.3 is 11.9 Å². The van der Waals surface area contributed by atoms with E-state index in [1.165, 1.54) is 14.2 Å². The van der Waals surface area contributed by atoms with E-state index in [4.69, 9.17) is 0 Å². The van der Waals surface area contributed by atoms with Crippen molar-refractivity contribution in [2.75, 3.05) is 14.2 Å². The molecular formula is C9H12N2O4. The summed E-state index contributed by atoms with van der Waals surface area (Å²) in [5.41, 5.74) is -0.0117. The molecule has 0 aliphatic heterocycles. The maximum absolute atomic E-state index is 11.3. The maximum atomic E-state index is 11.3. The van der Waals surface area contributed by atoms with Gasteiger partial charge in [-0.1, -0.05) is 6.92 Å². The largest absolute Gasteiger partial charge is 0.464 e. The highest BCUT2D eigenvalue weighted by Gasteiger charge is 2.23. The molecule has 0 atom stereocenters. The molecule has 0 unspecified atom stereocenters. The van der Waals surface area contributed by atoms with Gasteiger partial charge in [-0.15, -0.1) is 0 Å². The summed E-state index contributed by atoms with van der Waals surface area (Å²) in [6, 6.07) is 0. The highest BCUT2D eigenvalue weighted by molar-refractivity contribution is 6.00. The molecule has 15 heavy (non-hydrogen) atoms. The first kappa shape index (κ1) is 11.2. The number of carbonyl (C=O) groups is 2. The number of aromatic nitrogens is 2. The van der Waals surface area contributed by atoms with Crippen LogP contribution in [0.2, 0.25) is 0 Å². The zero-order valence-corrected chi connectivity index (χ0v) is 8.79. The average molecular weight is 212 g/mol. The molecule has 82 valence electrons. The Kier molecular flexibility index (Phi) is 3.43. The van der Waals surface area contributed by atoms with Crippen LogP contribution in [0.1, 0.15) is 33.7 Å². The number of carbonyl (C=O) groups excluding carboxylic acids is 2. The van der Waals surface area contributed by atoms with Gasteiger partial charge in [-0.25, -0.2) is 14.6 Å². The lowest BCUT2D eigenvalue weighted by Crippen LogP contribution is -2.11. The molecule has 0 amide bonds. The minimum atomic E-state index is -0.661. The van der Waals surface area contributed by atoms with E-state index in [2.05, 4.69) is 19.4 Å². The number of hydrogen-bond acceptors (Lipinski definition) is 5. The van der Waals surface area contributed by atoms with E-state index in [0.717, 1.165) is 0 Å². The quantitative estimate of drug-likeness (QED) is 0.740. The number of methoxy groups -OCH3 is 2. The molecule has 0 aromatic carbocycles. The Balaban J connectivity index is 3.17. The molecule has 0 radical (unpaired) electrons. The maximum Gasteiger partial charge on any atom is 0.359 e. The monoisotopic (exact) mass is 212 g/mol. The van der Waals surface area contributed by atoms with Gasteiger partial charge in [0.2, 0.25) is 0 Å². The summed E-state index contributed by atoms with van der Waals surface area (Å²) < 4.78 is 9.01. The van der Waals surface area contributed by atoms with E-state index in [9.17, 15) is 9.59 Å². The van der Waals surface area contributed by atoms with Crippen molar-refractivity contribution in [2.45, 2.75) is 13.3 Å². The van der Waals surface area contributed by atoms with Crippen LogP contribution in [0.5, 0.6) is 0 Å². The van der Waals surface area contributed by atoms with E-state index < -0.39 is 11.9 Å². The van der Waals surface area contributed by atoms with Crippen molar-refractivity contribution in [1.82, 2.24) is 9.97 Å². The fourth-order valence-corrected chi connectivity index (χ4v) is 1.08. The van der Waals surface area contributed by atoms with E-state index in [-0.39, 0.29) is 11.4 Å². The van der Waals surface area contributed by atoms with Gasteiger partial charge in [0.05, 0.1) is 14.2 Å². The number of H-pyrrole nitrogens is 1. The molecule has 0 aliphatic carbocycles. The van der Waals surface area contributed by atoms with Gasteiger partial charge in [-0.05, 0) is 0 Å². The number of aromatic amines is 1. The lowest BCUT2D eigenvalue weighted by atomic mass is 10.3. The van der Waals surface area contributed by atoms with Crippen molar-refractivity contribution >= 4 is 11.9 Å². The zero-order valence-electron chi connectivity index (χ0n) is 8.79. The Morgan fingerprint density at radius 1 is 1.27 bits per heavy atom. The highest BCUT2D eigenvalue weighted by Crippen LogP contribution is 2.09. The summed E-state index contributed by atoms with van der Waals surface area (Å²) in [4.78, 5) is 29.2. The Bertz CT molecular complexity index is 350.